The Morgan fingerprint density at radius 1 is 1.06 bits per heavy atom. The van der Waals surface area contributed by atoms with Gasteiger partial charge in [0.25, 0.3) is 5.91 Å². The lowest BCUT2D eigenvalue weighted by molar-refractivity contribution is -0.137. The van der Waals surface area contributed by atoms with Crippen molar-refractivity contribution in [2.45, 2.75) is 64.1 Å². The molecule has 0 radical (unpaired) electrons. The summed E-state index contributed by atoms with van der Waals surface area (Å²) in [7, 11) is 0. The predicted molar refractivity (Wildman–Crippen MR) is 125 cm³/mol. The molecule has 1 saturated heterocycles. The molecule has 2 aromatic rings. The Morgan fingerprint density at radius 2 is 1.74 bits per heavy atom. The van der Waals surface area contributed by atoms with E-state index < -0.39 is 30.0 Å². The van der Waals surface area contributed by atoms with Crippen molar-refractivity contribution >= 4 is 23.0 Å². The van der Waals surface area contributed by atoms with E-state index in [1.165, 1.54) is 12.1 Å². The van der Waals surface area contributed by atoms with Gasteiger partial charge in [-0.1, -0.05) is 31.9 Å². The molecule has 0 spiro atoms. The number of anilines is 3. The Hall–Kier alpha value is -2.84. The molecule has 1 heterocycles. The molecule has 0 aliphatic carbocycles. The molecule has 0 bridgehead atoms. The largest absolute Gasteiger partial charge is 0.416 e. The van der Waals surface area contributed by atoms with Crippen molar-refractivity contribution < 1.29 is 26.7 Å². The normalized spacial score (nSPS) is 15.8. The van der Waals surface area contributed by atoms with Crippen LogP contribution in [-0.2, 0) is 17.5 Å². The van der Waals surface area contributed by atoms with Gasteiger partial charge in [-0.05, 0) is 55.2 Å². The summed E-state index contributed by atoms with van der Waals surface area (Å²) in [6.07, 6.45) is -5.29. The molecule has 1 fully saturated rings. The van der Waals surface area contributed by atoms with Crippen LogP contribution in [0.25, 0.3) is 0 Å². The Kier molecular flexibility index (Phi) is 8.74. The first-order valence-corrected chi connectivity index (χ1v) is 11.6. The number of rotatable bonds is 10. The maximum absolute atomic E-state index is 14.3. The van der Waals surface area contributed by atoms with Crippen LogP contribution in [0.2, 0.25) is 0 Å². The lowest BCUT2D eigenvalue weighted by atomic mass is 10.1. The Labute approximate surface area is 196 Å². The number of halogens is 5. The summed E-state index contributed by atoms with van der Waals surface area (Å²) in [5, 5.41) is 5.71. The van der Waals surface area contributed by atoms with Crippen LogP contribution in [-0.4, -0.2) is 31.3 Å². The summed E-state index contributed by atoms with van der Waals surface area (Å²) < 4.78 is 66.6. The van der Waals surface area contributed by atoms with Crippen molar-refractivity contribution in [1.29, 1.82) is 0 Å². The summed E-state index contributed by atoms with van der Waals surface area (Å²) >= 11 is 0. The smallest absolute Gasteiger partial charge is 0.381 e. The molecule has 2 aromatic carbocycles. The minimum atomic E-state index is -4.38. The van der Waals surface area contributed by atoms with Crippen LogP contribution in [0.15, 0.2) is 42.5 Å². The van der Waals surface area contributed by atoms with E-state index in [0.717, 1.165) is 44.5 Å². The van der Waals surface area contributed by atoms with E-state index in [1.807, 2.05) is 13.0 Å². The van der Waals surface area contributed by atoms with Crippen LogP contribution < -0.4 is 15.5 Å². The SMILES string of the molecule is CCCC[C@H](F)[C@H](F)C(=O)Nc1ccc(NCc2ccc(C(F)(F)F)cc2)cc1N1CCCC1. The number of carbonyl (C=O) groups excluding carboxylic acids is 1. The highest BCUT2D eigenvalue weighted by Crippen LogP contribution is 2.33. The minimum Gasteiger partial charge on any atom is -0.381 e. The fourth-order valence-electron chi connectivity index (χ4n) is 3.89. The third-order valence-corrected chi connectivity index (χ3v) is 5.88. The second-order valence-electron chi connectivity index (χ2n) is 8.52. The number of hydrogen-bond acceptors (Lipinski definition) is 3. The Balaban J connectivity index is 1.71. The summed E-state index contributed by atoms with van der Waals surface area (Å²) in [5.41, 5.74) is 1.76. The molecule has 2 atom stereocenters. The standard InChI is InChI=1S/C25H30F5N3O/c1-2-3-6-20(26)23(27)24(34)32-21-12-11-19(15-22(21)33-13-4-5-14-33)31-16-17-7-9-18(10-8-17)25(28,29)30/h7-12,15,20,23,31H,2-6,13-14,16H2,1H3,(H,32,34)/t20-,23-/m0/s1. The molecule has 0 aromatic heterocycles. The average molecular weight is 484 g/mol. The topological polar surface area (TPSA) is 44.4 Å². The second-order valence-corrected chi connectivity index (χ2v) is 8.52. The first-order valence-electron chi connectivity index (χ1n) is 11.6. The van der Waals surface area contributed by atoms with Gasteiger partial charge in [-0.3, -0.25) is 4.79 Å². The van der Waals surface area contributed by atoms with E-state index in [2.05, 4.69) is 15.5 Å². The van der Waals surface area contributed by atoms with Gasteiger partial charge in [0.1, 0.15) is 6.17 Å². The number of benzene rings is 2. The first-order chi connectivity index (χ1) is 16.2. The van der Waals surface area contributed by atoms with Gasteiger partial charge in [0, 0.05) is 25.3 Å². The van der Waals surface area contributed by atoms with E-state index in [9.17, 15) is 26.7 Å². The fraction of sp³-hybridized carbons (Fsp3) is 0.480. The quantitative estimate of drug-likeness (QED) is 0.369. The van der Waals surface area contributed by atoms with Crippen LogP contribution in [0.4, 0.5) is 39.0 Å². The molecule has 1 amide bonds. The molecule has 186 valence electrons. The average Bonchev–Trinajstić information content (AvgIpc) is 3.35. The number of nitrogens with one attached hydrogen (secondary N) is 2. The number of alkyl halides is 5. The number of unbranched alkanes of at least 4 members (excludes halogenated alkanes) is 1. The van der Waals surface area contributed by atoms with Crippen molar-refractivity contribution in [3.05, 3.63) is 53.6 Å². The number of amides is 1. The summed E-state index contributed by atoms with van der Waals surface area (Å²) in [6, 6.07) is 10.0. The third kappa shape index (κ3) is 6.84. The van der Waals surface area contributed by atoms with Gasteiger partial charge in [-0.15, -0.1) is 0 Å². The van der Waals surface area contributed by atoms with Gasteiger partial charge in [0.2, 0.25) is 6.17 Å². The zero-order valence-corrected chi connectivity index (χ0v) is 19.1. The molecule has 4 nitrogen and oxygen atoms in total. The van der Waals surface area contributed by atoms with Gasteiger partial charge < -0.3 is 15.5 Å². The van der Waals surface area contributed by atoms with Crippen molar-refractivity contribution in [2.24, 2.45) is 0 Å². The van der Waals surface area contributed by atoms with Crippen molar-refractivity contribution in [3.63, 3.8) is 0 Å². The van der Waals surface area contributed by atoms with Crippen LogP contribution in [0, 0.1) is 0 Å². The molecule has 34 heavy (non-hydrogen) atoms. The molecule has 2 N–H and O–H groups in total. The van der Waals surface area contributed by atoms with Crippen LogP contribution >= 0.6 is 0 Å². The Morgan fingerprint density at radius 3 is 2.35 bits per heavy atom. The predicted octanol–water partition coefficient (Wildman–Crippen LogP) is 6.72. The van der Waals surface area contributed by atoms with E-state index in [-0.39, 0.29) is 6.42 Å². The van der Waals surface area contributed by atoms with Gasteiger partial charge in [-0.2, -0.15) is 13.2 Å². The van der Waals surface area contributed by atoms with E-state index in [1.54, 1.807) is 12.1 Å². The van der Waals surface area contributed by atoms with E-state index >= 15 is 0 Å². The van der Waals surface area contributed by atoms with Crippen molar-refractivity contribution in [3.8, 4) is 0 Å². The second kappa shape index (κ2) is 11.5. The van der Waals surface area contributed by atoms with Gasteiger partial charge in [-0.25, -0.2) is 8.78 Å². The zero-order chi connectivity index (χ0) is 24.7. The first kappa shape index (κ1) is 25.8. The molecule has 0 saturated carbocycles. The van der Waals surface area contributed by atoms with Crippen LogP contribution in [0.3, 0.4) is 0 Å². The number of carbonyl (C=O) groups is 1. The molecule has 0 unspecified atom stereocenters. The number of nitrogens with zero attached hydrogens (tertiary/aromatic N) is 1. The molecule has 9 heteroatoms. The summed E-state index contributed by atoms with van der Waals surface area (Å²) in [6.45, 7) is 3.71. The summed E-state index contributed by atoms with van der Waals surface area (Å²) in [4.78, 5) is 14.4. The molecular formula is C25H30F5N3O. The lowest BCUT2D eigenvalue weighted by Gasteiger charge is -2.23. The van der Waals surface area contributed by atoms with Gasteiger partial charge >= 0.3 is 6.18 Å². The molecule has 1 aliphatic rings. The fourth-order valence-corrected chi connectivity index (χ4v) is 3.89. The highest BCUT2D eigenvalue weighted by Gasteiger charge is 2.30. The maximum atomic E-state index is 14.3. The number of hydrogen-bond donors (Lipinski definition) is 2. The highest BCUT2D eigenvalue weighted by molar-refractivity contribution is 5.98. The highest BCUT2D eigenvalue weighted by atomic mass is 19.4. The molecule has 1 aliphatic heterocycles. The molecule has 3 rings (SSSR count). The van der Waals surface area contributed by atoms with Crippen molar-refractivity contribution in [2.75, 3.05) is 28.6 Å². The van der Waals surface area contributed by atoms with Gasteiger partial charge in [0.15, 0.2) is 0 Å². The van der Waals surface area contributed by atoms with E-state index in [0.29, 0.717) is 35.6 Å². The zero-order valence-electron chi connectivity index (χ0n) is 19.1. The minimum absolute atomic E-state index is 0.00310. The maximum Gasteiger partial charge on any atom is 0.416 e. The van der Waals surface area contributed by atoms with Crippen LogP contribution in [0.1, 0.15) is 50.2 Å². The third-order valence-electron chi connectivity index (χ3n) is 5.88. The van der Waals surface area contributed by atoms with Crippen LogP contribution in [0.5, 0.6) is 0 Å². The summed E-state index contributed by atoms with van der Waals surface area (Å²) in [5.74, 6) is -1.01. The lowest BCUT2D eigenvalue weighted by Crippen LogP contribution is -2.33. The van der Waals surface area contributed by atoms with Crippen molar-refractivity contribution in [1.82, 2.24) is 0 Å². The van der Waals surface area contributed by atoms with Gasteiger partial charge in [0.05, 0.1) is 16.9 Å². The molecular weight excluding hydrogens is 453 g/mol. The monoisotopic (exact) mass is 483 g/mol. The van der Waals surface area contributed by atoms with E-state index in [4.69, 9.17) is 0 Å². The Bertz CT molecular complexity index is 943.